The van der Waals surface area contributed by atoms with Gasteiger partial charge in [0, 0.05) is 0 Å². The fraction of sp³-hybridized carbons (Fsp3) is 0. The van der Waals surface area contributed by atoms with Gasteiger partial charge in [-0.3, -0.25) is 0 Å². The van der Waals surface area contributed by atoms with Crippen LogP contribution in [-0.4, -0.2) is 100 Å². The van der Waals surface area contributed by atoms with Crippen LogP contribution in [0.3, 0.4) is 0 Å². The van der Waals surface area contributed by atoms with Gasteiger partial charge in [0.1, 0.15) is 0 Å². The van der Waals surface area contributed by atoms with Crippen molar-refractivity contribution in [2.24, 2.45) is 0 Å². The molecule has 2 heterocycles. The van der Waals surface area contributed by atoms with Crippen LogP contribution in [0.5, 0.6) is 0 Å². The Balaban J connectivity index is 1.95. The zero-order valence-electron chi connectivity index (χ0n) is 8.28. The predicted molar refractivity (Wildman–Crippen MR) is 99.7 cm³/mol. The molecule has 0 aliphatic carbocycles. The molecule has 0 unspecified atom stereocenters. The summed E-state index contributed by atoms with van der Waals surface area (Å²) in [4.78, 5) is 0. The van der Waals surface area contributed by atoms with Crippen LogP contribution in [0, 0.1) is 0 Å². The summed E-state index contributed by atoms with van der Waals surface area (Å²) >= 11 is 0. The third-order valence-electron chi connectivity index (χ3n) is 4.08. The second kappa shape index (κ2) is 5.62. The summed E-state index contributed by atoms with van der Waals surface area (Å²) in [7, 11) is 10.8. The van der Waals surface area contributed by atoms with Crippen molar-refractivity contribution in [3.05, 3.63) is 0 Å². The molecule has 0 bridgehead atoms. The number of hydrogen-bond donors (Lipinski definition) is 0. The number of rotatable bonds is 0. The summed E-state index contributed by atoms with van der Waals surface area (Å²) in [6, 6.07) is 0. The van der Waals surface area contributed by atoms with E-state index >= 15 is 0 Å². The monoisotopic (exact) mass is 358 g/mol. The van der Waals surface area contributed by atoms with Gasteiger partial charge in [-0.15, -0.1) is 0 Å². The molecule has 0 atom stereocenters. The molecule has 12 heteroatoms. The first-order valence-corrected chi connectivity index (χ1v) is 53.2. The SMILES string of the molecule is [SiH2]1[SiH2][SiH2][SiH2][Si]2([SiH2][SiH2]1)[SiH2][SiH2][SiH2][SiH2][SiH2]2. The van der Waals surface area contributed by atoms with Crippen LogP contribution >= 0.6 is 0 Å². The van der Waals surface area contributed by atoms with Crippen molar-refractivity contribution < 1.29 is 0 Å². The summed E-state index contributed by atoms with van der Waals surface area (Å²) in [5, 5.41) is 0. The van der Waals surface area contributed by atoms with Crippen LogP contribution < -0.4 is 0 Å². The van der Waals surface area contributed by atoms with Crippen molar-refractivity contribution in [3.8, 4) is 0 Å². The van der Waals surface area contributed by atoms with E-state index in [1.165, 1.54) is 0 Å². The van der Waals surface area contributed by atoms with Crippen molar-refractivity contribution in [2.45, 2.75) is 0 Å². The molecule has 2 saturated heterocycles. The zero-order valence-corrected chi connectivity index (χ0v) is 24.8. The molecular weight excluding hydrogens is 337 g/mol. The first kappa shape index (κ1) is 11.1. The molecule has 0 nitrogen and oxygen atoms in total. The Morgan fingerprint density at radius 3 is 1.17 bits per heavy atom. The third-order valence-corrected chi connectivity index (χ3v) is 330. The van der Waals surface area contributed by atoms with Gasteiger partial charge in [0.2, 0.25) is 0 Å². The lowest BCUT2D eigenvalue weighted by atomic mass is 25.8. The van der Waals surface area contributed by atoms with E-state index in [4.69, 9.17) is 0 Å². The zero-order chi connectivity index (χ0) is 8.28. The lowest BCUT2D eigenvalue weighted by Crippen LogP contribution is -2.70. The van der Waals surface area contributed by atoms with Crippen LogP contribution in [0.4, 0.5) is 0 Å². The average molecular weight is 359 g/mol. The van der Waals surface area contributed by atoms with Crippen molar-refractivity contribution in [2.75, 3.05) is 0 Å². The van der Waals surface area contributed by atoms with Crippen molar-refractivity contribution in [1.82, 2.24) is 0 Å². The Kier molecular flexibility index (Phi) is 5.20. The normalized spacial score (nSPS) is 60.0. The standard InChI is InChI=1S/H22Si12/c1-2-5-9-12(8-4-1)10-6-3-7-11-12/h1-11H2. The molecule has 0 N–H and O–H groups in total. The van der Waals surface area contributed by atoms with Crippen LogP contribution in [0.15, 0.2) is 0 Å². The van der Waals surface area contributed by atoms with Crippen LogP contribution in [-0.2, 0) is 0 Å². The summed E-state index contributed by atoms with van der Waals surface area (Å²) < 4.78 is 0. The largest absolute Gasteiger partial charge is 0.00934 e. The highest BCUT2D eigenvalue weighted by atomic mass is 30.4. The van der Waals surface area contributed by atoms with E-state index in [2.05, 4.69) is 0 Å². The van der Waals surface area contributed by atoms with E-state index in [1.807, 2.05) is 0 Å². The van der Waals surface area contributed by atoms with Gasteiger partial charge in [0.15, 0.2) is 0 Å². The van der Waals surface area contributed by atoms with Crippen molar-refractivity contribution in [1.29, 1.82) is 0 Å². The van der Waals surface area contributed by atoms with Crippen molar-refractivity contribution in [3.63, 3.8) is 0 Å². The highest BCUT2D eigenvalue weighted by Gasteiger charge is 2.35. The Labute approximate surface area is 99.3 Å². The molecule has 0 aromatic heterocycles. The van der Waals surface area contributed by atoms with Crippen LogP contribution in [0.1, 0.15) is 0 Å². The predicted octanol–water partition coefficient (Wildman–Crippen LogP) is -10.5. The molecule has 0 saturated carbocycles. The Morgan fingerprint density at radius 1 is 0.417 bits per heavy atom. The van der Waals surface area contributed by atoms with Gasteiger partial charge in [-0.05, 0) is 100 Å². The Morgan fingerprint density at radius 2 is 0.750 bits per heavy atom. The molecule has 2 aliphatic heterocycles. The molecule has 12 heavy (non-hydrogen) atoms. The van der Waals surface area contributed by atoms with E-state index < -0.39 is 0 Å². The van der Waals surface area contributed by atoms with Gasteiger partial charge in [0.05, 0.1) is 0 Å². The van der Waals surface area contributed by atoms with Crippen LogP contribution in [0.25, 0.3) is 0 Å². The van der Waals surface area contributed by atoms with Gasteiger partial charge < -0.3 is 0 Å². The topological polar surface area (TPSA) is 0 Å². The first-order valence-electron chi connectivity index (χ1n) is 5.91. The summed E-state index contributed by atoms with van der Waals surface area (Å²) in [5.41, 5.74) is 0. The van der Waals surface area contributed by atoms with Gasteiger partial charge in [-0.25, -0.2) is 0 Å². The molecule has 1 spiro atoms. The smallest absolute Gasteiger partial charge is 0.00481 e. The van der Waals surface area contributed by atoms with E-state index in [0.717, 1.165) is 94.1 Å². The lowest BCUT2D eigenvalue weighted by molar-refractivity contribution is 3.44. The fourth-order valence-electron chi connectivity index (χ4n) is 3.28. The Hall–Kier alpha value is 2.60. The molecule has 70 valence electrons. The second-order valence-corrected chi connectivity index (χ2v) is 134. The van der Waals surface area contributed by atoms with E-state index in [1.54, 1.807) is 0 Å². The lowest BCUT2D eigenvalue weighted by Gasteiger charge is -2.33. The maximum absolute atomic E-state index is 1.01. The highest BCUT2D eigenvalue weighted by Crippen LogP contribution is 1.97. The summed E-state index contributed by atoms with van der Waals surface area (Å²) in [6.45, 7) is 0. The quantitative estimate of drug-likeness (QED) is 0.377. The molecule has 0 amide bonds. The van der Waals surface area contributed by atoms with E-state index in [9.17, 15) is 0 Å². The Bertz CT molecular complexity index is 121. The second-order valence-electron chi connectivity index (χ2n) is 4.97. The number of hydrogen-bond acceptors (Lipinski definition) is 0. The van der Waals surface area contributed by atoms with Gasteiger partial charge in [0.25, 0.3) is 0 Å². The molecule has 2 aliphatic rings. The minimum atomic E-state index is 0.286. The van der Waals surface area contributed by atoms with Crippen molar-refractivity contribution >= 4 is 100 Å². The molecule has 2 rings (SSSR count). The minimum absolute atomic E-state index is 0.286. The van der Waals surface area contributed by atoms with E-state index in [0.29, 0.717) is 0 Å². The fourth-order valence-corrected chi connectivity index (χ4v) is 797. The minimum Gasteiger partial charge on any atom is -0.00934 e. The van der Waals surface area contributed by atoms with Gasteiger partial charge in [-0.2, -0.15) is 0 Å². The summed E-state index contributed by atoms with van der Waals surface area (Å²) in [5.74, 6) is 0. The maximum atomic E-state index is 1.01. The first-order chi connectivity index (χ1) is 5.91. The molecule has 2 fully saturated rings. The molecule has 0 aromatic rings. The molecule has 0 radical (unpaired) electrons. The molecule has 0 aromatic carbocycles. The summed E-state index contributed by atoms with van der Waals surface area (Å²) in [6.07, 6.45) is 0.286. The van der Waals surface area contributed by atoms with Gasteiger partial charge >= 0.3 is 0 Å². The maximum Gasteiger partial charge on any atom is -0.00481 e. The molecular formula is H22Si12. The third kappa shape index (κ3) is 3.05. The van der Waals surface area contributed by atoms with Crippen LogP contribution in [0.2, 0.25) is 0 Å². The van der Waals surface area contributed by atoms with E-state index in [-0.39, 0.29) is 6.14 Å². The highest BCUT2D eigenvalue weighted by molar-refractivity contribution is 8.11. The van der Waals surface area contributed by atoms with Gasteiger partial charge in [-0.1, -0.05) is 0 Å². The average Bonchev–Trinajstić information content (AvgIpc) is 2.33.